The van der Waals surface area contributed by atoms with Gasteiger partial charge in [-0.25, -0.2) is 0 Å². The summed E-state index contributed by atoms with van der Waals surface area (Å²) in [6.45, 7) is 1.96. The Kier molecular flexibility index (Phi) is 9.23. The highest BCUT2D eigenvalue weighted by Gasteiger charge is 2.19. The number of methoxy groups -OCH3 is 1. The SMILES string of the molecule is C.COC(=O)CCCCCn1c(=O)c2cc3c(=O)n(CCCCCC(C)=O)c(=O)c3cc2c1=O. The summed E-state index contributed by atoms with van der Waals surface area (Å²) in [5.41, 5.74) is -1.89. The van der Waals surface area contributed by atoms with E-state index in [1.165, 1.54) is 26.2 Å². The van der Waals surface area contributed by atoms with Gasteiger partial charge in [-0.2, -0.15) is 0 Å². The Hall–Kier alpha value is -3.36. The van der Waals surface area contributed by atoms with E-state index < -0.39 is 22.2 Å². The molecule has 0 atom stereocenters. The van der Waals surface area contributed by atoms with E-state index in [1.807, 2.05) is 0 Å². The van der Waals surface area contributed by atoms with Crippen LogP contribution in [0, 0.1) is 0 Å². The molecule has 1 aromatic carbocycles. The summed E-state index contributed by atoms with van der Waals surface area (Å²) in [5.74, 6) is -0.195. The van der Waals surface area contributed by atoms with Crippen molar-refractivity contribution >= 4 is 33.3 Å². The first kappa shape index (κ1) is 26.9. The molecule has 0 saturated heterocycles. The standard InChI is InChI=1S/C24H28N2O7.CH4/c1-15(27)9-5-3-7-11-25-21(29)16-13-18-19(14-17(16)22(25)30)24(32)26(23(18)31)12-8-4-6-10-20(28)33-2;/h13-14H,3-12H2,1-2H3;1H4. The van der Waals surface area contributed by atoms with Gasteiger partial charge in [0.25, 0.3) is 22.2 Å². The van der Waals surface area contributed by atoms with Crippen molar-refractivity contribution in [3.63, 3.8) is 0 Å². The van der Waals surface area contributed by atoms with Crippen LogP contribution in [0.2, 0.25) is 0 Å². The summed E-state index contributed by atoms with van der Waals surface area (Å²) >= 11 is 0. The average Bonchev–Trinajstić information content (AvgIpc) is 3.16. The number of hydrogen-bond donors (Lipinski definition) is 0. The molecule has 0 bridgehead atoms. The van der Waals surface area contributed by atoms with Gasteiger partial charge in [0.2, 0.25) is 0 Å². The highest BCUT2D eigenvalue weighted by Crippen LogP contribution is 2.15. The zero-order valence-corrected chi connectivity index (χ0v) is 19.0. The lowest BCUT2D eigenvalue weighted by Gasteiger charge is -2.01. The minimum absolute atomic E-state index is 0. The van der Waals surface area contributed by atoms with Crippen LogP contribution in [-0.4, -0.2) is 28.0 Å². The summed E-state index contributed by atoms with van der Waals surface area (Å²) in [6.07, 6.45) is 4.54. The smallest absolute Gasteiger partial charge is 0.305 e. The lowest BCUT2D eigenvalue weighted by molar-refractivity contribution is -0.140. The van der Waals surface area contributed by atoms with Crippen molar-refractivity contribution in [1.29, 1.82) is 0 Å². The zero-order chi connectivity index (χ0) is 24.1. The van der Waals surface area contributed by atoms with E-state index in [0.29, 0.717) is 38.5 Å². The fourth-order valence-electron chi connectivity index (χ4n) is 4.12. The first-order chi connectivity index (χ1) is 15.8. The number of unbranched alkanes of at least 4 members (excludes halogenated alkanes) is 4. The molecule has 2 aromatic heterocycles. The third kappa shape index (κ3) is 5.58. The summed E-state index contributed by atoms with van der Waals surface area (Å²) in [7, 11) is 1.32. The molecule has 2 heterocycles. The van der Waals surface area contributed by atoms with Gasteiger partial charge in [-0.1, -0.05) is 20.3 Å². The van der Waals surface area contributed by atoms with Crippen LogP contribution in [0.15, 0.2) is 31.3 Å². The van der Waals surface area contributed by atoms with E-state index in [0.717, 1.165) is 15.6 Å². The van der Waals surface area contributed by atoms with Gasteiger partial charge < -0.3 is 9.53 Å². The number of ketones is 1. The van der Waals surface area contributed by atoms with Gasteiger partial charge in [0.15, 0.2) is 0 Å². The molecule has 34 heavy (non-hydrogen) atoms. The van der Waals surface area contributed by atoms with Crippen molar-refractivity contribution in [3.8, 4) is 0 Å². The molecule has 0 spiro atoms. The number of fused-ring (bicyclic) bond motifs is 2. The molecule has 0 aliphatic carbocycles. The third-order valence-electron chi connectivity index (χ3n) is 5.96. The molecule has 0 N–H and O–H groups in total. The molecular weight excluding hydrogens is 440 g/mol. The minimum Gasteiger partial charge on any atom is -0.469 e. The monoisotopic (exact) mass is 472 g/mol. The molecule has 3 aromatic rings. The number of esters is 1. The van der Waals surface area contributed by atoms with Crippen LogP contribution in [-0.2, 0) is 27.4 Å². The Morgan fingerprint density at radius 3 is 1.41 bits per heavy atom. The van der Waals surface area contributed by atoms with E-state index in [9.17, 15) is 28.8 Å². The summed E-state index contributed by atoms with van der Waals surface area (Å²) in [5, 5.41) is 0.558. The topological polar surface area (TPSA) is 122 Å². The zero-order valence-electron chi connectivity index (χ0n) is 19.0. The molecular formula is C25H32N2O7. The van der Waals surface area contributed by atoms with Crippen LogP contribution in [0.25, 0.3) is 21.5 Å². The number of ether oxygens (including phenoxy) is 1. The van der Waals surface area contributed by atoms with Crippen molar-refractivity contribution < 1.29 is 14.3 Å². The molecule has 9 heteroatoms. The fraction of sp³-hybridized carbons (Fsp3) is 0.520. The van der Waals surface area contributed by atoms with Crippen LogP contribution in [0.5, 0.6) is 0 Å². The second kappa shape index (κ2) is 11.7. The van der Waals surface area contributed by atoms with Crippen LogP contribution >= 0.6 is 0 Å². The molecule has 0 saturated carbocycles. The lowest BCUT2D eigenvalue weighted by Crippen LogP contribution is -2.26. The number of carbonyl (C=O) groups is 2. The number of rotatable bonds is 12. The number of Topliss-reactive ketones (excluding diaryl/α,β-unsaturated/α-hetero) is 1. The number of nitrogens with zero attached hydrogens (tertiary/aromatic N) is 2. The second-order valence-corrected chi connectivity index (χ2v) is 8.37. The van der Waals surface area contributed by atoms with Gasteiger partial charge in [0.05, 0.1) is 28.7 Å². The molecule has 0 amide bonds. The molecule has 9 nitrogen and oxygen atoms in total. The summed E-state index contributed by atoms with van der Waals surface area (Å²) < 4.78 is 6.85. The first-order valence-electron chi connectivity index (χ1n) is 11.2. The van der Waals surface area contributed by atoms with Crippen LogP contribution < -0.4 is 22.2 Å². The summed E-state index contributed by atoms with van der Waals surface area (Å²) in [6, 6.07) is 2.72. The number of aromatic nitrogens is 2. The Morgan fingerprint density at radius 2 is 1.06 bits per heavy atom. The highest BCUT2D eigenvalue weighted by molar-refractivity contribution is 5.97. The van der Waals surface area contributed by atoms with E-state index in [4.69, 9.17) is 0 Å². The lowest BCUT2D eigenvalue weighted by atomic mass is 10.1. The van der Waals surface area contributed by atoms with Crippen molar-refractivity contribution in [2.45, 2.75) is 78.8 Å². The predicted octanol–water partition coefficient (Wildman–Crippen LogP) is 2.43. The van der Waals surface area contributed by atoms with Crippen LogP contribution in [0.3, 0.4) is 0 Å². The quantitative estimate of drug-likeness (QED) is 0.293. The fourth-order valence-corrected chi connectivity index (χ4v) is 4.12. The Labute approximate surface area is 196 Å². The molecule has 0 aliphatic rings. The molecule has 0 fully saturated rings. The van der Waals surface area contributed by atoms with Crippen LogP contribution in [0.4, 0.5) is 0 Å². The van der Waals surface area contributed by atoms with E-state index in [-0.39, 0.29) is 60.2 Å². The summed E-state index contributed by atoms with van der Waals surface area (Å²) in [4.78, 5) is 73.3. The predicted molar refractivity (Wildman–Crippen MR) is 131 cm³/mol. The molecule has 0 radical (unpaired) electrons. The van der Waals surface area contributed by atoms with Crippen molar-refractivity contribution in [3.05, 3.63) is 53.5 Å². The second-order valence-electron chi connectivity index (χ2n) is 8.37. The maximum Gasteiger partial charge on any atom is 0.305 e. The van der Waals surface area contributed by atoms with Crippen molar-refractivity contribution in [1.82, 2.24) is 9.13 Å². The Balaban J connectivity index is 0.00000408. The maximum atomic E-state index is 12.8. The van der Waals surface area contributed by atoms with Crippen molar-refractivity contribution in [2.75, 3.05) is 7.11 Å². The number of hydrogen-bond acceptors (Lipinski definition) is 7. The maximum absolute atomic E-state index is 12.8. The highest BCUT2D eigenvalue weighted by atomic mass is 16.5. The Morgan fingerprint density at radius 1 is 0.676 bits per heavy atom. The minimum atomic E-state index is -0.478. The van der Waals surface area contributed by atoms with Gasteiger partial charge in [0, 0.05) is 25.9 Å². The third-order valence-corrected chi connectivity index (χ3v) is 5.96. The van der Waals surface area contributed by atoms with Gasteiger partial charge in [-0.15, -0.1) is 0 Å². The van der Waals surface area contributed by atoms with E-state index in [2.05, 4.69) is 4.74 Å². The Bertz CT molecular complexity index is 1310. The molecule has 0 aliphatic heterocycles. The molecule has 0 unspecified atom stereocenters. The van der Waals surface area contributed by atoms with Gasteiger partial charge >= 0.3 is 5.97 Å². The number of benzene rings is 1. The normalized spacial score (nSPS) is 11.1. The van der Waals surface area contributed by atoms with Gasteiger partial charge in [0.1, 0.15) is 5.78 Å². The van der Waals surface area contributed by atoms with Crippen LogP contribution in [0.1, 0.15) is 65.7 Å². The van der Waals surface area contributed by atoms with E-state index in [1.54, 1.807) is 0 Å². The average molecular weight is 473 g/mol. The van der Waals surface area contributed by atoms with Crippen molar-refractivity contribution in [2.24, 2.45) is 0 Å². The van der Waals surface area contributed by atoms with Gasteiger partial charge in [-0.05, 0) is 44.7 Å². The largest absolute Gasteiger partial charge is 0.469 e. The number of carbonyl (C=O) groups excluding carboxylic acids is 2. The molecule has 3 rings (SSSR count). The molecule has 184 valence electrons. The first-order valence-corrected chi connectivity index (χ1v) is 11.2. The van der Waals surface area contributed by atoms with Gasteiger partial charge in [-0.3, -0.25) is 33.1 Å². The van der Waals surface area contributed by atoms with E-state index >= 15 is 0 Å².